The van der Waals surface area contributed by atoms with E-state index in [0.717, 1.165) is 0 Å². The topological polar surface area (TPSA) is 99.2 Å². The number of aliphatic carboxylic acids is 1. The SMILES string of the molecule is CCC(N)(CCC=CCNCC=N)C(=O)O. The molecule has 0 aromatic heterocycles. The highest BCUT2D eigenvalue weighted by Crippen LogP contribution is 2.14. The van der Waals surface area contributed by atoms with Crippen molar-refractivity contribution in [3.05, 3.63) is 12.2 Å². The molecule has 0 heterocycles. The summed E-state index contributed by atoms with van der Waals surface area (Å²) in [7, 11) is 0. The number of carboxylic acid groups (broad SMARTS) is 1. The zero-order valence-electron chi connectivity index (χ0n) is 9.70. The Labute approximate surface area is 96.2 Å². The number of hydrogen-bond acceptors (Lipinski definition) is 4. The lowest BCUT2D eigenvalue weighted by Crippen LogP contribution is -2.47. The quantitative estimate of drug-likeness (QED) is 0.265. The Morgan fingerprint density at radius 2 is 2.19 bits per heavy atom. The van der Waals surface area contributed by atoms with Crippen molar-refractivity contribution in [2.24, 2.45) is 5.73 Å². The fraction of sp³-hybridized carbons (Fsp3) is 0.636. The first-order chi connectivity index (χ1) is 7.56. The van der Waals surface area contributed by atoms with Crippen LogP contribution in [-0.2, 0) is 4.79 Å². The number of hydrogen-bond donors (Lipinski definition) is 4. The zero-order chi connectivity index (χ0) is 12.4. The van der Waals surface area contributed by atoms with Crippen LogP contribution in [0, 0.1) is 5.41 Å². The van der Waals surface area contributed by atoms with Crippen LogP contribution in [0.15, 0.2) is 12.2 Å². The molecule has 0 aliphatic rings. The van der Waals surface area contributed by atoms with Gasteiger partial charge < -0.3 is 21.6 Å². The van der Waals surface area contributed by atoms with Crippen LogP contribution in [0.2, 0.25) is 0 Å². The van der Waals surface area contributed by atoms with Crippen molar-refractivity contribution in [2.45, 2.75) is 31.7 Å². The van der Waals surface area contributed by atoms with E-state index in [4.69, 9.17) is 16.2 Å². The van der Waals surface area contributed by atoms with Gasteiger partial charge in [-0.2, -0.15) is 0 Å². The lowest BCUT2D eigenvalue weighted by Gasteiger charge is -2.21. The van der Waals surface area contributed by atoms with E-state index in [9.17, 15) is 4.79 Å². The molecule has 5 heteroatoms. The lowest BCUT2D eigenvalue weighted by molar-refractivity contribution is -0.143. The fourth-order valence-electron chi connectivity index (χ4n) is 1.22. The molecule has 5 nitrogen and oxygen atoms in total. The summed E-state index contributed by atoms with van der Waals surface area (Å²) >= 11 is 0. The first-order valence-corrected chi connectivity index (χ1v) is 5.43. The van der Waals surface area contributed by atoms with Gasteiger partial charge in [0.1, 0.15) is 5.54 Å². The van der Waals surface area contributed by atoms with Crippen molar-refractivity contribution in [3.63, 3.8) is 0 Å². The first-order valence-electron chi connectivity index (χ1n) is 5.43. The summed E-state index contributed by atoms with van der Waals surface area (Å²) in [6.07, 6.45) is 6.66. The maximum absolute atomic E-state index is 10.9. The molecule has 92 valence electrons. The molecule has 0 saturated heterocycles. The van der Waals surface area contributed by atoms with Crippen molar-refractivity contribution in [1.82, 2.24) is 5.32 Å². The van der Waals surface area contributed by atoms with Gasteiger partial charge in [-0.25, -0.2) is 0 Å². The minimum absolute atomic E-state index is 0.433. The zero-order valence-corrected chi connectivity index (χ0v) is 9.70. The largest absolute Gasteiger partial charge is 0.480 e. The summed E-state index contributed by atoms with van der Waals surface area (Å²) in [6.45, 7) is 3.02. The third-order valence-electron chi connectivity index (χ3n) is 2.49. The molecule has 0 amide bonds. The highest BCUT2D eigenvalue weighted by atomic mass is 16.4. The van der Waals surface area contributed by atoms with Gasteiger partial charge in [0.05, 0.1) is 0 Å². The van der Waals surface area contributed by atoms with E-state index >= 15 is 0 Å². The minimum Gasteiger partial charge on any atom is -0.480 e. The van der Waals surface area contributed by atoms with Gasteiger partial charge in [0.25, 0.3) is 0 Å². The number of carbonyl (C=O) groups is 1. The Balaban J connectivity index is 3.78. The van der Waals surface area contributed by atoms with E-state index in [1.165, 1.54) is 6.21 Å². The maximum atomic E-state index is 10.9. The molecular weight excluding hydrogens is 206 g/mol. The van der Waals surface area contributed by atoms with Gasteiger partial charge in [0.15, 0.2) is 0 Å². The average molecular weight is 227 g/mol. The summed E-state index contributed by atoms with van der Waals surface area (Å²) in [5, 5.41) is 18.7. The summed E-state index contributed by atoms with van der Waals surface area (Å²) < 4.78 is 0. The first kappa shape index (κ1) is 14.8. The summed E-state index contributed by atoms with van der Waals surface area (Å²) in [4.78, 5) is 10.9. The molecule has 1 unspecified atom stereocenters. The normalized spacial score (nSPS) is 14.9. The second-order valence-electron chi connectivity index (χ2n) is 3.69. The van der Waals surface area contributed by atoms with Gasteiger partial charge in [-0.3, -0.25) is 4.79 Å². The number of nitrogens with one attached hydrogen (secondary N) is 2. The van der Waals surface area contributed by atoms with Crippen LogP contribution in [0.5, 0.6) is 0 Å². The van der Waals surface area contributed by atoms with E-state index in [1.807, 2.05) is 12.2 Å². The van der Waals surface area contributed by atoms with Gasteiger partial charge in [-0.1, -0.05) is 19.1 Å². The van der Waals surface area contributed by atoms with Crippen LogP contribution in [0.25, 0.3) is 0 Å². The number of rotatable bonds is 9. The number of nitrogens with two attached hydrogens (primary N) is 1. The Bertz CT molecular complexity index is 254. The van der Waals surface area contributed by atoms with E-state index in [2.05, 4.69) is 5.32 Å². The molecule has 1 atom stereocenters. The van der Waals surface area contributed by atoms with Crippen molar-refractivity contribution in [3.8, 4) is 0 Å². The smallest absolute Gasteiger partial charge is 0.323 e. The summed E-state index contributed by atoms with van der Waals surface area (Å²) in [6, 6.07) is 0. The molecular formula is C11H21N3O2. The van der Waals surface area contributed by atoms with Crippen molar-refractivity contribution >= 4 is 12.2 Å². The maximum Gasteiger partial charge on any atom is 0.323 e. The third kappa shape index (κ3) is 5.63. The highest BCUT2D eigenvalue weighted by Gasteiger charge is 2.30. The van der Waals surface area contributed by atoms with Gasteiger partial charge in [-0.05, 0) is 19.3 Å². The van der Waals surface area contributed by atoms with Crippen LogP contribution in [0.1, 0.15) is 26.2 Å². The average Bonchev–Trinajstić information content (AvgIpc) is 2.27. The second kappa shape index (κ2) is 8.01. The lowest BCUT2D eigenvalue weighted by atomic mass is 9.92. The van der Waals surface area contributed by atoms with Gasteiger partial charge in [0.2, 0.25) is 0 Å². The van der Waals surface area contributed by atoms with Crippen LogP contribution >= 0.6 is 0 Å². The molecule has 5 N–H and O–H groups in total. The number of allylic oxidation sites excluding steroid dienone is 1. The Kier molecular flexibility index (Phi) is 7.41. The molecule has 0 bridgehead atoms. The molecule has 0 saturated carbocycles. The van der Waals surface area contributed by atoms with Crippen LogP contribution in [0.3, 0.4) is 0 Å². The van der Waals surface area contributed by atoms with Crippen LogP contribution in [0.4, 0.5) is 0 Å². The Morgan fingerprint density at radius 3 is 2.69 bits per heavy atom. The molecule has 0 aromatic rings. The monoisotopic (exact) mass is 227 g/mol. The Morgan fingerprint density at radius 1 is 1.50 bits per heavy atom. The molecule has 0 aliphatic carbocycles. The standard InChI is InChI=1S/C11H21N3O2/c1-2-11(13,10(15)16)6-4-3-5-8-14-9-7-12/h3,5,7,12,14H,2,4,6,8-9,13H2,1H3,(H,15,16). The van der Waals surface area contributed by atoms with Gasteiger partial charge in [-0.15, -0.1) is 0 Å². The van der Waals surface area contributed by atoms with Crippen LogP contribution in [-0.4, -0.2) is 35.9 Å². The molecule has 0 rings (SSSR count). The van der Waals surface area contributed by atoms with Gasteiger partial charge in [0, 0.05) is 19.3 Å². The van der Waals surface area contributed by atoms with Crippen molar-refractivity contribution in [2.75, 3.05) is 13.1 Å². The molecule has 16 heavy (non-hydrogen) atoms. The van der Waals surface area contributed by atoms with Gasteiger partial charge >= 0.3 is 5.97 Å². The van der Waals surface area contributed by atoms with Crippen LogP contribution < -0.4 is 11.1 Å². The Hall–Kier alpha value is -1.20. The van der Waals surface area contributed by atoms with Crippen molar-refractivity contribution < 1.29 is 9.90 Å². The van der Waals surface area contributed by atoms with Crippen molar-refractivity contribution in [1.29, 1.82) is 5.41 Å². The van der Waals surface area contributed by atoms with E-state index in [-0.39, 0.29) is 0 Å². The predicted molar refractivity (Wildman–Crippen MR) is 64.9 cm³/mol. The predicted octanol–water partition coefficient (Wildman–Crippen LogP) is 0.754. The molecule has 0 aliphatic heterocycles. The minimum atomic E-state index is -1.10. The molecule has 0 radical (unpaired) electrons. The second-order valence-corrected chi connectivity index (χ2v) is 3.69. The molecule has 0 aromatic carbocycles. The van der Waals surface area contributed by atoms with E-state index in [1.54, 1.807) is 6.92 Å². The van der Waals surface area contributed by atoms with E-state index < -0.39 is 11.5 Å². The highest BCUT2D eigenvalue weighted by molar-refractivity contribution is 5.78. The summed E-state index contributed by atoms with van der Waals surface area (Å²) in [5.41, 5.74) is 4.62. The fourth-order valence-corrected chi connectivity index (χ4v) is 1.22. The third-order valence-corrected chi connectivity index (χ3v) is 2.49. The molecule has 0 fully saturated rings. The molecule has 0 spiro atoms. The summed E-state index contributed by atoms with van der Waals surface area (Å²) in [5.74, 6) is -0.940. The van der Waals surface area contributed by atoms with E-state index in [0.29, 0.717) is 32.4 Å². The number of carboxylic acids is 1.